The first-order valence-corrected chi connectivity index (χ1v) is 6.97. The number of ether oxygens (including phenoxy) is 2. The van der Waals surface area contributed by atoms with Crippen molar-refractivity contribution < 1.29 is 14.3 Å². The summed E-state index contributed by atoms with van der Waals surface area (Å²) in [7, 11) is 0. The molecule has 1 aromatic rings. The Morgan fingerprint density at radius 1 is 1.45 bits per heavy atom. The van der Waals surface area contributed by atoms with Crippen molar-refractivity contribution in [1.82, 2.24) is 10.6 Å². The zero-order valence-corrected chi connectivity index (χ0v) is 12.1. The Hall–Kier alpha value is -1.59. The van der Waals surface area contributed by atoms with E-state index in [1.54, 1.807) is 0 Å². The number of aryl methyl sites for hydroxylation is 2. The van der Waals surface area contributed by atoms with Gasteiger partial charge >= 0.3 is 0 Å². The predicted octanol–water partition coefficient (Wildman–Crippen LogP) is 0.787. The molecule has 0 saturated carbocycles. The van der Waals surface area contributed by atoms with Gasteiger partial charge in [0.15, 0.2) is 0 Å². The second-order valence-corrected chi connectivity index (χ2v) is 4.92. The zero-order chi connectivity index (χ0) is 14.4. The molecule has 20 heavy (non-hydrogen) atoms. The molecule has 0 radical (unpaired) electrons. The highest BCUT2D eigenvalue weighted by Gasteiger charge is 2.20. The first-order valence-electron chi connectivity index (χ1n) is 6.97. The second kappa shape index (κ2) is 7.26. The lowest BCUT2D eigenvalue weighted by Crippen LogP contribution is -2.48. The molecule has 1 aliphatic rings. The Kier molecular flexibility index (Phi) is 5.38. The van der Waals surface area contributed by atoms with Crippen LogP contribution in [0.3, 0.4) is 0 Å². The maximum atomic E-state index is 11.8. The minimum absolute atomic E-state index is 0.0812. The predicted molar refractivity (Wildman–Crippen MR) is 77.0 cm³/mol. The van der Waals surface area contributed by atoms with E-state index in [9.17, 15) is 4.79 Å². The van der Waals surface area contributed by atoms with Gasteiger partial charge in [-0.2, -0.15) is 0 Å². The van der Waals surface area contributed by atoms with Crippen molar-refractivity contribution in [2.45, 2.75) is 20.0 Å². The number of nitrogens with one attached hydrogen (secondary N) is 2. The summed E-state index contributed by atoms with van der Waals surface area (Å²) in [6, 6.07) is 6.04. The van der Waals surface area contributed by atoms with Crippen LogP contribution in [-0.4, -0.2) is 44.9 Å². The van der Waals surface area contributed by atoms with Crippen molar-refractivity contribution in [1.29, 1.82) is 0 Å². The van der Waals surface area contributed by atoms with Crippen LogP contribution in [0.15, 0.2) is 18.2 Å². The van der Waals surface area contributed by atoms with Crippen LogP contribution in [0.4, 0.5) is 0 Å². The summed E-state index contributed by atoms with van der Waals surface area (Å²) in [4.78, 5) is 11.8. The molecule has 110 valence electrons. The Balaban J connectivity index is 1.72. The van der Waals surface area contributed by atoms with E-state index < -0.39 is 0 Å². The maximum Gasteiger partial charge on any atom is 0.250 e. The number of benzene rings is 1. The third kappa shape index (κ3) is 3.95. The Morgan fingerprint density at radius 2 is 2.20 bits per heavy atom. The lowest BCUT2D eigenvalue weighted by atomic mass is 10.1. The van der Waals surface area contributed by atoms with Gasteiger partial charge in [0, 0.05) is 13.1 Å². The van der Waals surface area contributed by atoms with Crippen molar-refractivity contribution >= 4 is 5.91 Å². The second-order valence-electron chi connectivity index (χ2n) is 4.92. The summed E-state index contributed by atoms with van der Waals surface area (Å²) < 4.78 is 11.1. The molecule has 2 N–H and O–H groups in total. The number of carbonyl (C=O) groups excluding carboxylic acids is 1. The van der Waals surface area contributed by atoms with Gasteiger partial charge < -0.3 is 20.1 Å². The van der Waals surface area contributed by atoms with E-state index >= 15 is 0 Å². The number of rotatable bonds is 5. The number of hydrogen-bond donors (Lipinski definition) is 2. The minimum Gasteiger partial charge on any atom is -0.491 e. The van der Waals surface area contributed by atoms with Crippen LogP contribution in [0.1, 0.15) is 11.1 Å². The quantitative estimate of drug-likeness (QED) is 0.782. The van der Waals surface area contributed by atoms with Gasteiger partial charge in [0.1, 0.15) is 18.5 Å². The largest absolute Gasteiger partial charge is 0.491 e. The fraction of sp³-hybridized carbons (Fsp3) is 0.533. The molecule has 1 atom stereocenters. The molecule has 0 bridgehead atoms. The van der Waals surface area contributed by atoms with Gasteiger partial charge in [-0.25, -0.2) is 0 Å². The lowest BCUT2D eigenvalue weighted by molar-refractivity contribution is -0.134. The average Bonchev–Trinajstić information content (AvgIpc) is 2.46. The molecule has 1 heterocycles. The molecule has 0 aromatic heterocycles. The van der Waals surface area contributed by atoms with E-state index in [2.05, 4.69) is 10.6 Å². The van der Waals surface area contributed by atoms with E-state index in [0.717, 1.165) is 23.4 Å². The molecule has 1 fully saturated rings. The first-order chi connectivity index (χ1) is 9.68. The highest BCUT2D eigenvalue weighted by Crippen LogP contribution is 2.21. The SMILES string of the molecule is Cc1cccc(C)c1OCCNC(=O)C1CNCCO1. The van der Waals surface area contributed by atoms with Crippen molar-refractivity contribution in [3.63, 3.8) is 0 Å². The van der Waals surface area contributed by atoms with Gasteiger partial charge in [-0.1, -0.05) is 18.2 Å². The molecule has 1 amide bonds. The van der Waals surface area contributed by atoms with Crippen LogP contribution in [0.5, 0.6) is 5.75 Å². The summed E-state index contributed by atoms with van der Waals surface area (Å²) in [6.07, 6.45) is -0.385. The van der Waals surface area contributed by atoms with Crippen molar-refractivity contribution in [3.05, 3.63) is 29.3 Å². The van der Waals surface area contributed by atoms with E-state index in [0.29, 0.717) is 26.3 Å². The summed E-state index contributed by atoms with van der Waals surface area (Å²) in [6.45, 7) is 6.93. The molecule has 5 nitrogen and oxygen atoms in total. The molecule has 1 aromatic carbocycles. The first kappa shape index (κ1) is 14.8. The lowest BCUT2D eigenvalue weighted by Gasteiger charge is -2.22. The molecule has 0 aliphatic carbocycles. The Morgan fingerprint density at radius 3 is 2.85 bits per heavy atom. The van der Waals surface area contributed by atoms with Crippen LogP contribution in [0, 0.1) is 13.8 Å². The summed E-state index contributed by atoms with van der Waals surface area (Å²) in [5.74, 6) is 0.819. The number of hydrogen-bond acceptors (Lipinski definition) is 4. The third-order valence-corrected chi connectivity index (χ3v) is 3.28. The maximum absolute atomic E-state index is 11.8. The number of morpholine rings is 1. The molecule has 2 rings (SSSR count). The van der Waals surface area contributed by atoms with Crippen LogP contribution < -0.4 is 15.4 Å². The molecule has 1 saturated heterocycles. The normalized spacial score (nSPS) is 18.6. The van der Waals surface area contributed by atoms with Gasteiger partial charge in [0.2, 0.25) is 0 Å². The van der Waals surface area contributed by atoms with Crippen LogP contribution in [0.25, 0.3) is 0 Å². The molecule has 5 heteroatoms. The van der Waals surface area contributed by atoms with E-state index in [1.165, 1.54) is 0 Å². The average molecular weight is 278 g/mol. The molecular formula is C15H22N2O3. The minimum atomic E-state index is -0.385. The number of carbonyl (C=O) groups is 1. The third-order valence-electron chi connectivity index (χ3n) is 3.28. The van der Waals surface area contributed by atoms with Gasteiger partial charge in [-0.15, -0.1) is 0 Å². The Bertz CT molecular complexity index is 436. The fourth-order valence-corrected chi connectivity index (χ4v) is 2.20. The standard InChI is InChI=1S/C15H22N2O3/c1-11-4-3-5-12(2)14(11)20-9-7-17-15(18)13-10-16-6-8-19-13/h3-5,13,16H,6-10H2,1-2H3,(H,17,18). The van der Waals surface area contributed by atoms with Crippen molar-refractivity contribution in [3.8, 4) is 5.75 Å². The fourth-order valence-electron chi connectivity index (χ4n) is 2.20. The molecular weight excluding hydrogens is 256 g/mol. The monoisotopic (exact) mass is 278 g/mol. The topological polar surface area (TPSA) is 59.6 Å². The Labute approximate surface area is 119 Å². The molecule has 0 spiro atoms. The van der Waals surface area contributed by atoms with Gasteiger partial charge in [-0.05, 0) is 25.0 Å². The summed E-state index contributed by atoms with van der Waals surface area (Å²) in [5, 5.41) is 5.96. The van der Waals surface area contributed by atoms with Crippen LogP contribution in [0.2, 0.25) is 0 Å². The van der Waals surface area contributed by atoms with Crippen LogP contribution in [-0.2, 0) is 9.53 Å². The smallest absolute Gasteiger partial charge is 0.250 e. The van der Waals surface area contributed by atoms with Gasteiger partial charge in [0.25, 0.3) is 5.91 Å². The van der Waals surface area contributed by atoms with E-state index in [4.69, 9.17) is 9.47 Å². The molecule has 1 unspecified atom stereocenters. The van der Waals surface area contributed by atoms with Crippen LogP contribution >= 0.6 is 0 Å². The molecule has 1 aliphatic heterocycles. The zero-order valence-electron chi connectivity index (χ0n) is 12.1. The van der Waals surface area contributed by atoms with Gasteiger partial charge in [0.05, 0.1) is 13.2 Å². The van der Waals surface area contributed by atoms with Crippen molar-refractivity contribution in [2.75, 3.05) is 32.8 Å². The summed E-state index contributed by atoms with van der Waals surface area (Å²) in [5.41, 5.74) is 2.22. The van der Waals surface area contributed by atoms with E-state index in [1.807, 2.05) is 32.0 Å². The highest BCUT2D eigenvalue weighted by atomic mass is 16.5. The van der Waals surface area contributed by atoms with Crippen molar-refractivity contribution in [2.24, 2.45) is 0 Å². The van der Waals surface area contributed by atoms with Gasteiger partial charge in [-0.3, -0.25) is 4.79 Å². The highest BCUT2D eigenvalue weighted by molar-refractivity contribution is 5.81. The number of amides is 1. The van der Waals surface area contributed by atoms with E-state index in [-0.39, 0.29) is 12.0 Å². The summed E-state index contributed by atoms with van der Waals surface area (Å²) >= 11 is 0. The number of para-hydroxylation sites is 1.